The fraction of sp³-hybridized carbons (Fsp3) is 0.706. The van der Waals surface area contributed by atoms with Crippen LogP contribution < -0.4 is 0 Å². The van der Waals surface area contributed by atoms with Crippen LogP contribution in [0.4, 0.5) is 0 Å². The van der Waals surface area contributed by atoms with Crippen molar-refractivity contribution in [3.05, 3.63) is 23.8 Å². The summed E-state index contributed by atoms with van der Waals surface area (Å²) in [5.74, 6) is 1.47. The first kappa shape index (κ1) is 16.4. The monoisotopic (exact) mass is 277 g/mol. The zero-order valence-electron chi connectivity index (χ0n) is 12.9. The van der Waals surface area contributed by atoms with E-state index in [1.807, 2.05) is 19.1 Å². The highest BCUT2D eigenvalue weighted by atomic mass is 32.1. The molecule has 0 aromatic heterocycles. The quantitative estimate of drug-likeness (QED) is 0.404. The number of nitrogens with zero attached hydrogens (tertiary/aromatic N) is 1. The lowest BCUT2D eigenvalue weighted by atomic mass is 9.85. The van der Waals surface area contributed by atoms with Gasteiger partial charge in [-0.25, -0.2) is 0 Å². The van der Waals surface area contributed by atoms with Crippen LogP contribution in [-0.4, -0.2) is 4.75 Å². The summed E-state index contributed by atoms with van der Waals surface area (Å²) in [5.41, 5.74) is 2.00. The summed E-state index contributed by atoms with van der Waals surface area (Å²) < 4.78 is -0.328. The Kier molecular flexibility index (Phi) is 5.33. The first-order valence-electron chi connectivity index (χ1n) is 7.25. The molecule has 0 N–H and O–H groups in total. The molecule has 0 aromatic carbocycles. The van der Waals surface area contributed by atoms with Crippen LogP contribution in [0.25, 0.3) is 0 Å². The van der Waals surface area contributed by atoms with Crippen LogP contribution in [-0.2, 0) is 0 Å². The molecule has 1 nitrogen and oxygen atoms in total. The summed E-state index contributed by atoms with van der Waals surface area (Å²) in [5, 5.41) is 8.63. The van der Waals surface area contributed by atoms with E-state index in [-0.39, 0.29) is 4.75 Å². The van der Waals surface area contributed by atoms with Gasteiger partial charge >= 0.3 is 0 Å². The number of allylic oxidation sites excluding steroid dienone is 2. The Hall–Kier alpha value is -0.680. The third kappa shape index (κ3) is 4.73. The molecule has 106 valence electrons. The number of hydrogen-bond donors (Lipinski definition) is 1. The predicted molar refractivity (Wildman–Crippen MR) is 86.2 cm³/mol. The first-order valence-corrected chi connectivity index (χ1v) is 7.70. The molecule has 0 aromatic rings. The van der Waals surface area contributed by atoms with E-state index >= 15 is 0 Å². The summed E-state index contributed by atoms with van der Waals surface area (Å²) in [7, 11) is 0. The highest BCUT2D eigenvalue weighted by molar-refractivity contribution is 7.82. The average molecular weight is 277 g/mol. The average Bonchev–Trinajstić information content (AvgIpc) is 2.90. The number of hydrogen-bond acceptors (Lipinski definition) is 2. The Morgan fingerprint density at radius 2 is 2.21 bits per heavy atom. The third-order valence-corrected chi connectivity index (χ3v) is 4.87. The van der Waals surface area contributed by atoms with Gasteiger partial charge in [-0.2, -0.15) is 17.9 Å². The maximum absolute atomic E-state index is 8.63. The van der Waals surface area contributed by atoms with E-state index < -0.39 is 0 Å². The molecule has 0 saturated heterocycles. The van der Waals surface area contributed by atoms with Gasteiger partial charge in [-0.3, -0.25) is 0 Å². The second-order valence-electron chi connectivity index (χ2n) is 6.63. The molecule has 0 aliphatic heterocycles. The Morgan fingerprint density at radius 1 is 1.63 bits per heavy atom. The summed E-state index contributed by atoms with van der Waals surface area (Å²) >= 11 is 4.64. The van der Waals surface area contributed by atoms with Gasteiger partial charge in [0, 0.05) is 10.8 Å². The zero-order chi connectivity index (χ0) is 14.7. The van der Waals surface area contributed by atoms with Gasteiger partial charge in [-0.05, 0) is 43.4 Å². The molecule has 1 aliphatic rings. The van der Waals surface area contributed by atoms with Gasteiger partial charge < -0.3 is 0 Å². The van der Waals surface area contributed by atoms with E-state index in [9.17, 15) is 0 Å². The summed E-state index contributed by atoms with van der Waals surface area (Å²) in [6, 6.07) is 2.04. The van der Waals surface area contributed by atoms with Gasteiger partial charge in [0.25, 0.3) is 0 Å². The van der Waals surface area contributed by atoms with Gasteiger partial charge in [0.05, 0.1) is 6.07 Å². The van der Waals surface area contributed by atoms with Crippen molar-refractivity contribution in [1.29, 1.82) is 5.26 Å². The second-order valence-corrected chi connectivity index (χ2v) is 7.59. The molecule has 0 bridgehead atoms. The third-order valence-electron chi connectivity index (χ3n) is 4.59. The number of rotatable bonds is 6. The van der Waals surface area contributed by atoms with Crippen LogP contribution in [0.2, 0.25) is 0 Å². The SMILES string of the molecule is CC/C(=C\C(C)(S)/C=C\C#N)C(C)C[C@@]1(C)CC1C. The van der Waals surface area contributed by atoms with Crippen LogP contribution in [0.5, 0.6) is 0 Å². The number of nitriles is 1. The minimum absolute atomic E-state index is 0.328. The van der Waals surface area contributed by atoms with E-state index in [2.05, 4.69) is 46.4 Å². The van der Waals surface area contributed by atoms with E-state index in [1.165, 1.54) is 24.5 Å². The van der Waals surface area contributed by atoms with Crippen LogP contribution >= 0.6 is 12.6 Å². The van der Waals surface area contributed by atoms with E-state index in [1.54, 1.807) is 0 Å². The van der Waals surface area contributed by atoms with Crippen LogP contribution in [0.15, 0.2) is 23.8 Å². The molecule has 19 heavy (non-hydrogen) atoms. The van der Waals surface area contributed by atoms with Crippen LogP contribution in [0.1, 0.15) is 53.9 Å². The summed E-state index contributed by atoms with van der Waals surface area (Å²) in [4.78, 5) is 0. The largest absolute Gasteiger partial charge is 0.193 e. The Labute approximate surface area is 124 Å². The lowest BCUT2D eigenvalue weighted by molar-refractivity contribution is 0.402. The molecule has 1 fully saturated rings. The molecular formula is C17H27NS. The van der Waals surface area contributed by atoms with Crippen molar-refractivity contribution in [2.75, 3.05) is 0 Å². The molecule has 1 saturated carbocycles. The van der Waals surface area contributed by atoms with Gasteiger partial charge in [-0.1, -0.05) is 45.4 Å². The Bertz CT molecular complexity index is 413. The molecule has 0 heterocycles. The maximum atomic E-state index is 8.63. The van der Waals surface area contributed by atoms with Gasteiger partial charge in [-0.15, -0.1) is 0 Å². The molecule has 1 rings (SSSR count). The maximum Gasteiger partial charge on any atom is 0.0909 e. The van der Waals surface area contributed by atoms with Gasteiger partial charge in [0.2, 0.25) is 0 Å². The Morgan fingerprint density at radius 3 is 2.63 bits per heavy atom. The van der Waals surface area contributed by atoms with Crippen LogP contribution in [0.3, 0.4) is 0 Å². The molecule has 1 aliphatic carbocycles. The van der Waals surface area contributed by atoms with Crippen molar-refractivity contribution in [2.45, 2.75) is 58.6 Å². The fourth-order valence-electron chi connectivity index (χ4n) is 2.98. The summed E-state index contributed by atoms with van der Waals surface area (Å²) in [6.45, 7) is 11.3. The first-order chi connectivity index (χ1) is 8.74. The predicted octanol–water partition coefficient (Wildman–Crippen LogP) is 5.16. The molecule has 0 radical (unpaired) electrons. The minimum atomic E-state index is -0.328. The zero-order valence-corrected chi connectivity index (χ0v) is 13.8. The molecular weight excluding hydrogens is 250 g/mol. The van der Waals surface area contributed by atoms with Crippen molar-refractivity contribution < 1.29 is 0 Å². The van der Waals surface area contributed by atoms with Crippen molar-refractivity contribution in [1.82, 2.24) is 0 Å². The van der Waals surface area contributed by atoms with Gasteiger partial charge in [0.1, 0.15) is 0 Å². The molecule has 0 amide bonds. The molecule has 0 spiro atoms. The lowest BCUT2D eigenvalue weighted by Gasteiger charge is -2.23. The van der Waals surface area contributed by atoms with E-state index in [0.29, 0.717) is 11.3 Å². The second kappa shape index (κ2) is 6.18. The van der Waals surface area contributed by atoms with Gasteiger partial charge in [0.15, 0.2) is 0 Å². The fourth-order valence-corrected chi connectivity index (χ4v) is 3.22. The normalized spacial score (nSPS) is 31.8. The minimum Gasteiger partial charge on any atom is -0.193 e. The topological polar surface area (TPSA) is 23.8 Å². The van der Waals surface area contributed by atoms with Crippen molar-refractivity contribution in [3.63, 3.8) is 0 Å². The number of thiol groups is 1. The molecule has 2 heteroatoms. The van der Waals surface area contributed by atoms with Crippen molar-refractivity contribution >= 4 is 12.6 Å². The standard InChI is InChI=1S/C17H27NS/c1-6-15(12-17(5,19)8-7-9-18)13(2)10-16(4)11-14(16)3/h7-8,12-14,19H,6,10-11H2,1-5H3/b8-7-,15-12+/t13?,14?,16-,17?/m0/s1. The molecule has 4 atom stereocenters. The van der Waals surface area contributed by atoms with Crippen molar-refractivity contribution in [2.24, 2.45) is 17.3 Å². The lowest BCUT2D eigenvalue weighted by Crippen LogP contribution is -2.14. The van der Waals surface area contributed by atoms with E-state index in [0.717, 1.165) is 12.3 Å². The summed E-state index contributed by atoms with van der Waals surface area (Å²) in [6.07, 6.45) is 9.29. The van der Waals surface area contributed by atoms with Crippen LogP contribution in [0, 0.1) is 28.6 Å². The molecule has 3 unspecified atom stereocenters. The Balaban J connectivity index is 2.76. The highest BCUT2D eigenvalue weighted by Crippen LogP contribution is 2.56. The van der Waals surface area contributed by atoms with Crippen molar-refractivity contribution in [3.8, 4) is 6.07 Å². The highest BCUT2D eigenvalue weighted by Gasteiger charge is 2.46. The van der Waals surface area contributed by atoms with E-state index in [4.69, 9.17) is 5.26 Å². The smallest absolute Gasteiger partial charge is 0.0909 e.